The van der Waals surface area contributed by atoms with Crippen LogP contribution in [0.3, 0.4) is 0 Å². The number of carbonyl (C=O) groups is 2. The second-order valence-electron chi connectivity index (χ2n) is 7.39. The second kappa shape index (κ2) is 11.5. The highest BCUT2D eigenvalue weighted by Gasteiger charge is 2.17. The molecular formula is C25H25N3O4S2. The highest BCUT2D eigenvalue weighted by Crippen LogP contribution is 2.28. The third-order valence-electron chi connectivity index (χ3n) is 4.87. The predicted octanol–water partition coefficient (Wildman–Crippen LogP) is 5.63. The van der Waals surface area contributed by atoms with Crippen molar-refractivity contribution in [1.82, 2.24) is 0 Å². The number of aryl methyl sites for hydroxylation is 1. The molecule has 0 radical (unpaired) electrons. The summed E-state index contributed by atoms with van der Waals surface area (Å²) in [6, 6.07) is 19.7. The molecule has 176 valence electrons. The van der Waals surface area contributed by atoms with Gasteiger partial charge in [0.25, 0.3) is 0 Å². The Hall–Kier alpha value is -3.56. The largest absolute Gasteiger partial charge is 0.495 e. The lowest BCUT2D eigenvalue weighted by Crippen LogP contribution is -2.23. The van der Waals surface area contributed by atoms with Crippen molar-refractivity contribution in [3.63, 3.8) is 0 Å². The number of carboxylic acids is 1. The van der Waals surface area contributed by atoms with Crippen LogP contribution in [0.4, 0.5) is 17.1 Å². The summed E-state index contributed by atoms with van der Waals surface area (Å²) in [6.45, 7) is 3.61. The molecule has 0 saturated carbocycles. The monoisotopic (exact) mass is 495 g/mol. The fourth-order valence-electron chi connectivity index (χ4n) is 3.06. The van der Waals surface area contributed by atoms with Crippen LogP contribution in [0, 0.1) is 6.92 Å². The number of thiocarbonyl (C=S) groups is 1. The minimum Gasteiger partial charge on any atom is -0.495 e. The van der Waals surface area contributed by atoms with Gasteiger partial charge in [-0.1, -0.05) is 24.3 Å². The number of carboxylic acid groups (broad SMARTS) is 1. The molecule has 4 N–H and O–H groups in total. The molecule has 0 aliphatic rings. The van der Waals surface area contributed by atoms with E-state index in [1.807, 2.05) is 55.5 Å². The summed E-state index contributed by atoms with van der Waals surface area (Å²) in [5.41, 5.74) is 2.92. The average Bonchev–Trinajstić information content (AvgIpc) is 2.80. The maximum absolute atomic E-state index is 12.7. The quantitative estimate of drug-likeness (QED) is 0.236. The summed E-state index contributed by atoms with van der Waals surface area (Å²) in [5.74, 6) is -0.581. The van der Waals surface area contributed by atoms with Gasteiger partial charge < -0.3 is 25.8 Å². The lowest BCUT2D eigenvalue weighted by atomic mass is 10.1. The molecule has 3 aromatic carbocycles. The Bertz CT molecular complexity index is 1220. The van der Waals surface area contributed by atoms with Crippen LogP contribution in [0.2, 0.25) is 0 Å². The molecule has 3 aromatic rings. The number of ether oxygens (including phenoxy) is 1. The smallest absolute Gasteiger partial charge is 0.335 e. The van der Waals surface area contributed by atoms with E-state index in [2.05, 4.69) is 16.0 Å². The summed E-state index contributed by atoms with van der Waals surface area (Å²) in [5, 5.41) is 18.3. The van der Waals surface area contributed by atoms with Gasteiger partial charge in [-0.25, -0.2) is 4.79 Å². The zero-order chi connectivity index (χ0) is 24.7. The van der Waals surface area contributed by atoms with Crippen molar-refractivity contribution in [2.24, 2.45) is 0 Å². The molecule has 0 spiro atoms. The van der Waals surface area contributed by atoms with Crippen molar-refractivity contribution < 1.29 is 19.4 Å². The number of thioether (sulfide) groups is 1. The van der Waals surface area contributed by atoms with Crippen molar-refractivity contribution in [2.75, 3.05) is 23.1 Å². The first-order valence-corrected chi connectivity index (χ1v) is 11.7. The van der Waals surface area contributed by atoms with Crippen molar-refractivity contribution in [3.05, 3.63) is 77.9 Å². The fourth-order valence-corrected chi connectivity index (χ4v) is 4.22. The number of para-hydroxylation sites is 2. The first-order valence-electron chi connectivity index (χ1n) is 10.4. The lowest BCUT2D eigenvalue weighted by Gasteiger charge is -2.16. The minimum absolute atomic E-state index is 0.123. The number of hydrogen-bond acceptors (Lipinski definition) is 5. The Morgan fingerprint density at radius 3 is 2.47 bits per heavy atom. The van der Waals surface area contributed by atoms with Crippen molar-refractivity contribution in [1.29, 1.82) is 0 Å². The molecular weight excluding hydrogens is 470 g/mol. The van der Waals surface area contributed by atoms with E-state index in [-0.39, 0.29) is 11.5 Å². The van der Waals surface area contributed by atoms with E-state index in [0.29, 0.717) is 16.5 Å². The number of rotatable bonds is 8. The summed E-state index contributed by atoms with van der Waals surface area (Å²) in [7, 11) is 1.60. The van der Waals surface area contributed by atoms with Gasteiger partial charge in [0.1, 0.15) is 5.75 Å². The molecule has 34 heavy (non-hydrogen) atoms. The summed E-state index contributed by atoms with van der Waals surface area (Å²) < 4.78 is 5.33. The van der Waals surface area contributed by atoms with E-state index < -0.39 is 11.2 Å². The van der Waals surface area contributed by atoms with E-state index >= 15 is 0 Å². The van der Waals surface area contributed by atoms with Crippen molar-refractivity contribution >= 4 is 58.0 Å². The van der Waals surface area contributed by atoms with Gasteiger partial charge in [-0.3, -0.25) is 4.79 Å². The number of methoxy groups -OCH3 is 1. The summed E-state index contributed by atoms with van der Waals surface area (Å²) in [6.07, 6.45) is 0. The Labute approximate surface area is 207 Å². The molecule has 0 aliphatic carbocycles. The molecule has 7 nitrogen and oxygen atoms in total. The van der Waals surface area contributed by atoms with Gasteiger partial charge in [0.2, 0.25) is 5.91 Å². The highest BCUT2D eigenvalue weighted by molar-refractivity contribution is 8.00. The number of amides is 1. The Balaban J connectivity index is 1.62. The zero-order valence-electron chi connectivity index (χ0n) is 18.9. The first kappa shape index (κ1) is 25.1. The Morgan fingerprint density at radius 2 is 1.74 bits per heavy atom. The van der Waals surface area contributed by atoms with Gasteiger partial charge in [-0.15, -0.1) is 11.8 Å². The molecule has 0 fully saturated rings. The standard InChI is InChI=1S/C25H25N3O4S2/c1-15-11-12-17(24(30)31)13-21(15)27-23(29)16(2)34-19-8-6-7-18(14-19)26-25(33)28-20-9-4-5-10-22(20)32-3/h4-14,16H,1-3H3,(H,27,29)(H,30,31)(H2,26,28,33). The van der Waals surface area contributed by atoms with Crippen LogP contribution in [0.5, 0.6) is 5.75 Å². The van der Waals surface area contributed by atoms with Crippen molar-refractivity contribution in [3.8, 4) is 5.75 Å². The zero-order valence-corrected chi connectivity index (χ0v) is 20.5. The lowest BCUT2D eigenvalue weighted by molar-refractivity contribution is -0.115. The maximum atomic E-state index is 12.7. The summed E-state index contributed by atoms with van der Waals surface area (Å²) >= 11 is 6.81. The second-order valence-corrected chi connectivity index (χ2v) is 9.21. The molecule has 9 heteroatoms. The Morgan fingerprint density at radius 1 is 0.971 bits per heavy atom. The number of carbonyl (C=O) groups excluding carboxylic acids is 1. The van der Waals surface area contributed by atoms with E-state index in [1.54, 1.807) is 20.1 Å². The van der Waals surface area contributed by atoms with Crippen LogP contribution in [0.15, 0.2) is 71.6 Å². The first-order chi connectivity index (χ1) is 16.3. The van der Waals surface area contributed by atoms with Crippen LogP contribution in [0.25, 0.3) is 0 Å². The molecule has 0 bridgehead atoms. The molecule has 1 amide bonds. The molecule has 0 aliphatic heterocycles. The fraction of sp³-hybridized carbons (Fsp3) is 0.160. The molecule has 1 atom stereocenters. The van der Waals surface area contributed by atoms with Crippen LogP contribution in [-0.4, -0.2) is 34.5 Å². The molecule has 3 rings (SSSR count). The average molecular weight is 496 g/mol. The molecule has 0 saturated heterocycles. The topological polar surface area (TPSA) is 99.7 Å². The van der Waals surface area contributed by atoms with Crippen molar-refractivity contribution in [2.45, 2.75) is 24.0 Å². The van der Waals surface area contributed by atoms with E-state index in [0.717, 1.165) is 21.8 Å². The van der Waals surface area contributed by atoms with Gasteiger partial charge in [-0.2, -0.15) is 0 Å². The number of hydrogen-bond donors (Lipinski definition) is 4. The van der Waals surface area contributed by atoms with Gasteiger partial charge in [0, 0.05) is 16.3 Å². The third-order valence-corrected chi connectivity index (χ3v) is 6.17. The van der Waals surface area contributed by atoms with E-state index in [1.165, 1.54) is 23.9 Å². The van der Waals surface area contributed by atoms with E-state index in [4.69, 9.17) is 17.0 Å². The van der Waals surface area contributed by atoms with E-state index in [9.17, 15) is 14.7 Å². The minimum atomic E-state index is -1.04. The Kier molecular flexibility index (Phi) is 8.50. The number of aromatic carboxylic acids is 1. The predicted molar refractivity (Wildman–Crippen MR) is 141 cm³/mol. The third kappa shape index (κ3) is 6.72. The number of anilines is 3. The number of benzene rings is 3. The number of nitrogens with one attached hydrogen (secondary N) is 3. The highest BCUT2D eigenvalue weighted by atomic mass is 32.2. The maximum Gasteiger partial charge on any atom is 0.335 e. The van der Waals surface area contributed by atoms with Crippen LogP contribution in [0.1, 0.15) is 22.8 Å². The SMILES string of the molecule is COc1ccccc1NC(=S)Nc1cccc(SC(C)C(=O)Nc2cc(C(=O)O)ccc2C)c1. The molecule has 0 heterocycles. The van der Waals surface area contributed by atoms with Crippen LogP contribution < -0.4 is 20.7 Å². The normalized spacial score (nSPS) is 11.3. The summed E-state index contributed by atoms with van der Waals surface area (Å²) in [4.78, 5) is 24.8. The van der Waals surface area contributed by atoms with Crippen LogP contribution in [-0.2, 0) is 4.79 Å². The molecule has 0 aromatic heterocycles. The van der Waals surface area contributed by atoms with Gasteiger partial charge in [0.15, 0.2) is 5.11 Å². The van der Waals surface area contributed by atoms with Crippen LogP contribution >= 0.6 is 24.0 Å². The molecule has 1 unspecified atom stereocenters. The van der Waals surface area contributed by atoms with Gasteiger partial charge >= 0.3 is 5.97 Å². The van der Waals surface area contributed by atoms with Gasteiger partial charge in [0.05, 0.1) is 23.6 Å². The van der Waals surface area contributed by atoms with Gasteiger partial charge in [-0.05, 0) is 74.1 Å².